The Morgan fingerprint density at radius 1 is 1.14 bits per heavy atom. The number of benzene rings is 2. The lowest BCUT2D eigenvalue weighted by molar-refractivity contribution is -0.385. The number of nitrogens with one attached hydrogen (secondary N) is 2. The molecule has 0 radical (unpaired) electrons. The molecule has 0 aromatic heterocycles. The molecular weight excluding hydrogens is 372 g/mol. The van der Waals surface area contributed by atoms with E-state index in [2.05, 4.69) is 10.6 Å². The fraction of sp³-hybridized carbons (Fsp3) is 0.333. The molecule has 1 saturated heterocycles. The van der Waals surface area contributed by atoms with E-state index in [9.17, 15) is 19.7 Å². The van der Waals surface area contributed by atoms with Gasteiger partial charge in [0, 0.05) is 18.3 Å². The number of amides is 2. The molecule has 1 heterocycles. The Labute approximate surface area is 169 Å². The molecule has 1 fully saturated rings. The molecule has 0 spiro atoms. The molecule has 8 heteroatoms. The fourth-order valence-corrected chi connectivity index (χ4v) is 3.53. The van der Waals surface area contributed by atoms with Crippen molar-refractivity contribution in [3.63, 3.8) is 0 Å². The first kappa shape index (κ1) is 20.5. The number of carbonyl (C=O) groups is 2. The second kappa shape index (κ2) is 9.29. The Hall–Kier alpha value is -3.26. The maximum absolute atomic E-state index is 12.5. The van der Waals surface area contributed by atoms with Crippen LogP contribution in [0.15, 0.2) is 48.5 Å². The Bertz CT molecular complexity index is 901. The van der Waals surface area contributed by atoms with Crippen LogP contribution in [0.25, 0.3) is 0 Å². The number of para-hydroxylation sites is 1. The highest BCUT2D eigenvalue weighted by molar-refractivity contribution is 5.94. The summed E-state index contributed by atoms with van der Waals surface area (Å²) in [6.07, 6.45) is 1.61. The van der Waals surface area contributed by atoms with E-state index >= 15 is 0 Å². The number of hydrogen-bond donors (Lipinski definition) is 2. The van der Waals surface area contributed by atoms with Crippen LogP contribution in [0.2, 0.25) is 0 Å². The molecule has 1 aliphatic rings. The number of nitro benzene ring substituents is 1. The summed E-state index contributed by atoms with van der Waals surface area (Å²) < 4.78 is 0. The van der Waals surface area contributed by atoms with Crippen LogP contribution in [0.5, 0.6) is 0 Å². The third-order valence-electron chi connectivity index (χ3n) is 5.06. The zero-order chi connectivity index (χ0) is 20.8. The molecule has 2 N–H and O–H groups in total. The van der Waals surface area contributed by atoms with Gasteiger partial charge >= 0.3 is 0 Å². The van der Waals surface area contributed by atoms with Crippen LogP contribution in [0.4, 0.5) is 17.1 Å². The first-order valence-corrected chi connectivity index (χ1v) is 9.56. The summed E-state index contributed by atoms with van der Waals surface area (Å²) in [5.74, 6) is -0.482. The van der Waals surface area contributed by atoms with Crippen molar-refractivity contribution in [2.24, 2.45) is 5.92 Å². The van der Waals surface area contributed by atoms with Gasteiger partial charge in [-0.2, -0.15) is 0 Å². The van der Waals surface area contributed by atoms with E-state index in [1.54, 1.807) is 19.1 Å². The lowest BCUT2D eigenvalue weighted by Crippen LogP contribution is -2.44. The Balaban J connectivity index is 1.56. The van der Waals surface area contributed by atoms with Crippen LogP contribution in [0, 0.1) is 23.0 Å². The van der Waals surface area contributed by atoms with Gasteiger partial charge in [-0.1, -0.05) is 24.3 Å². The number of hydrogen-bond acceptors (Lipinski definition) is 5. The smallest absolute Gasteiger partial charge is 0.274 e. The standard InChI is InChI=1S/C21H24N4O4/c1-15-18(10-5-11-19(15)25(28)29)23-20(26)14-24-12-6-7-16(13-24)21(27)22-17-8-3-2-4-9-17/h2-5,8-11,16H,6-7,12-14H2,1H3,(H,22,27)(H,23,26)/t16-/m0/s1. The molecule has 2 aromatic carbocycles. The maximum atomic E-state index is 12.5. The van der Waals surface area contributed by atoms with Crippen LogP contribution in [-0.4, -0.2) is 41.3 Å². The van der Waals surface area contributed by atoms with Crippen LogP contribution in [-0.2, 0) is 9.59 Å². The second-order valence-corrected chi connectivity index (χ2v) is 7.18. The zero-order valence-corrected chi connectivity index (χ0v) is 16.3. The lowest BCUT2D eigenvalue weighted by Gasteiger charge is -2.31. The topological polar surface area (TPSA) is 105 Å². The summed E-state index contributed by atoms with van der Waals surface area (Å²) in [6, 6.07) is 13.9. The fourth-order valence-electron chi connectivity index (χ4n) is 3.53. The largest absolute Gasteiger partial charge is 0.326 e. The molecule has 1 aliphatic heterocycles. The van der Waals surface area contributed by atoms with Crippen LogP contribution < -0.4 is 10.6 Å². The first-order valence-electron chi connectivity index (χ1n) is 9.56. The summed E-state index contributed by atoms with van der Waals surface area (Å²) >= 11 is 0. The molecular formula is C21H24N4O4. The van der Waals surface area contributed by atoms with Crippen molar-refractivity contribution < 1.29 is 14.5 Å². The van der Waals surface area contributed by atoms with Gasteiger partial charge in [0.25, 0.3) is 5.69 Å². The zero-order valence-electron chi connectivity index (χ0n) is 16.3. The van der Waals surface area contributed by atoms with E-state index in [1.165, 1.54) is 6.07 Å². The summed E-state index contributed by atoms with van der Waals surface area (Å²) in [4.78, 5) is 37.5. The van der Waals surface area contributed by atoms with Gasteiger partial charge in [-0.15, -0.1) is 0 Å². The van der Waals surface area contributed by atoms with E-state index in [4.69, 9.17) is 0 Å². The maximum Gasteiger partial charge on any atom is 0.274 e. The lowest BCUT2D eigenvalue weighted by atomic mass is 9.97. The van der Waals surface area contributed by atoms with Gasteiger partial charge in [0.1, 0.15) is 0 Å². The van der Waals surface area contributed by atoms with Gasteiger partial charge in [-0.25, -0.2) is 0 Å². The Morgan fingerprint density at radius 2 is 1.90 bits per heavy atom. The van der Waals surface area contributed by atoms with Crippen molar-refractivity contribution >= 4 is 28.9 Å². The number of anilines is 2. The third kappa shape index (κ3) is 5.39. The molecule has 2 aromatic rings. The molecule has 0 aliphatic carbocycles. The van der Waals surface area contributed by atoms with Crippen molar-refractivity contribution in [3.05, 3.63) is 64.2 Å². The highest BCUT2D eigenvalue weighted by Crippen LogP contribution is 2.25. The Kier molecular flexibility index (Phi) is 6.56. The van der Waals surface area contributed by atoms with E-state index < -0.39 is 4.92 Å². The number of nitro groups is 1. The monoisotopic (exact) mass is 396 g/mol. The van der Waals surface area contributed by atoms with E-state index in [0.29, 0.717) is 17.8 Å². The quantitative estimate of drug-likeness (QED) is 0.576. The third-order valence-corrected chi connectivity index (χ3v) is 5.06. The molecule has 8 nitrogen and oxygen atoms in total. The highest BCUT2D eigenvalue weighted by atomic mass is 16.6. The average Bonchev–Trinajstić information content (AvgIpc) is 2.70. The summed E-state index contributed by atoms with van der Waals surface area (Å²) in [5.41, 5.74) is 1.58. The second-order valence-electron chi connectivity index (χ2n) is 7.18. The highest BCUT2D eigenvalue weighted by Gasteiger charge is 2.27. The van der Waals surface area contributed by atoms with Crippen LogP contribution >= 0.6 is 0 Å². The Morgan fingerprint density at radius 3 is 2.62 bits per heavy atom. The first-order chi connectivity index (χ1) is 13.9. The molecule has 29 heavy (non-hydrogen) atoms. The van der Waals surface area contributed by atoms with E-state index in [0.717, 1.165) is 25.1 Å². The minimum Gasteiger partial charge on any atom is -0.326 e. The number of piperidine rings is 1. The molecule has 152 valence electrons. The van der Waals surface area contributed by atoms with Gasteiger partial charge in [0.15, 0.2) is 0 Å². The molecule has 0 unspecified atom stereocenters. The summed E-state index contributed by atoms with van der Waals surface area (Å²) in [6.45, 7) is 2.98. The minimum atomic E-state index is -0.467. The molecule has 2 amide bonds. The number of nitrogens with zero attached hydrogens (tertiary/aromatic N) is 2. The molecule has 0 bridgehead atoms. The van der Waals surface area contributed by atoms with Crippen LogP contribution in [0.3, 0.4) is 0 Å². The van der Waals surface area contributed by atoms with Crippen molar-refractivity contribution in [3.8, 4) is 0 Å². The number of rotatable bonds is 6. The average molecular weight is 396 g/mol. The van der Waals surface area contributed by atoms with E-state index in [1.807, 2.05) is 35.2 Å². The van der Waals surface area contributed by atoms with Crippen LogP contribution in [0.1, 0.15) is 18.4 Å². The van der Waals surface area contributed by atoms with Crippen molar-refractivity contribution in [1.82, 2.24) is 4.90 Å². The van der Waals surface area contributed by atoms with Crippen molar-refractivity contribution in [2.75, 3.05) is 30.3 Å². The van der Waals surface area contributed by atoms with Gasteiger partial charge in [0.2, 0.25) is 11.8 Å². The molecule has 1 atom stereocenters. The van der Waals surface area contributed by atoms with Crippen molar-refractivity contribution in [1.29, 1.82) is 0 Å². The van der Waals surface area contributed by atoms with E-state index in [-0.39, 0.29) is 30.0 Å². The van der Waals surface area contributed by atoms with Gasteiger partial charge in [0.05, 0.1) is 28.6 Å². The summed E-state index contributed by atoms with van der Waals surface area (Å²) in [7, 11) is 0. The molecule has 0 saturated carbocycles. The van der Waals surface area contributed by atoms with Gasteiger partial charge in [-0.05, 0) is 44.5 Å². The predicted octanol–water partition coefficient (Wildman–Crippen LogP) is 3.19. The van der Waals surface area contributed by atoms with Crippen molar-refractivity contribution in [2.45, 2.75) is 19.8 Å². The predicted molar refractivity (Wildman–Crippen MR) is 111 cm³/mol. The van der Waals surface area contributed by atoms with Gasteiger partial charge in [-0.3, -0.25) is 24.6 Å². The number of carbonyl (C=O) groups excluding carboxylic acids is 2. The molecule has 3 rings (SSSR count). The normalized spacial score (nSPS) is 16.8. The van der Waals surface area contributed by atoms with Gasteiger partial charge < -0.3 is 10.6 Å². The number of likely N-dealkylation sites (tertiary alicyclic amines) is 1. The summed E-state index contributed by atoms with van der Waals surface area (Å²) in [5, 5.41) is 16.7. The minimum absolute atomic E-state index is 0.0292. The SMILES string of the molecule is Cc1c(NC(=O)CN2CCC[C@H](C(=O)Nc3ccccc3)C2)cccc1[N+](=O)[O-].